The van der Waals surface area contributed by atoms with Gasteiger partial charge in [-0.25, -0.2) is 9.37 Å². The first-order valence-electron chi connectivity index (χ1n) is 5.47. The highest BCUT2D eigenvalue weighted by atomic mass is 19.1. The van der Waals surface area contributed by atoms with Crippen LogP contribution in [-0.2, 0) is 6.54 Å². The fourth-order valence-electron chi connectivity index (χ4n) is 1.94. The number of hydrogen-bond acceptors (Lipinski definition) is 1. The Balaban J connectivity index is 2.03. The molecule has 0 N–H and O–H groups in total. The Kier molecular flexibility index (Phi) is 2.37. The average molecular weight is 226 g/mol. The number of nitrogens with zero attached hydrogens (tertiary/aromatic N) is 2. The predicted molar refractivity (Wildman–Crippen MR) is 65.2 cm³/mol. The van der Waals surface area contributed by atoms with E-state index >= 15 is 0 Å². The molecular weight excluding hydrogens is 215 g/mol. The lowest BCUT2D eigenvalue weighted by atomic mass is 10.2. The molecule has 1 heterocycles. The molecule has 0 saturated carbocycles. The summed E-state index contributed by atoms with van der Waals surface area (Å²) in [4.78, 5) is 4.25. The third-order valence-corrected chi connectivity index (χ3v) is 2.78. The van der Waals surface area contributed by atoms with Gasteiger partial charge in [0.1, 0.15) is 5.82 Å². The lowest BCUT2D eigenvalue weighted by Crippen LogP contribution is -1.97. The van der Waals surface area contributed by atoms with Crippen molar-refractivity contribution in [3.8, 4) is 0 Å². The van der Waals surface area contributed by atoms with E-state index < -0.39 is 0 Å². The minimum Gasteiger partial charge on any atom is -0.326 e. The van der Waals surface area contributed by atoms with Crippen molar-refractivity contribution in [2.45, 2.75) is 6.54 Å². The summed E-state index contributed by atoms with van der Waals surface area (Å²) in [5.74, 6) is -0.229. The third-order valence-electron chi connectivity index (χ3n) is 2.78. The molecule has 17 heavy (non-hydrogen) atoms. The van der Waals surface area contributed by atoms with Crippen molar-refractivity contribution in [1.82, 2.24) is 9.55 Å². The Hall–Kier alpha value is -2.16. The molecule has 0 unspecified atom stereocenters. The summed E-state index contributed by atoms with van der Waals surface area (Å²) in [6.07, 6.45) is 1.75. The number of benzene rings is 2. The summed E-state index contributed by atoms with van der Waals surface area (Å²) in [5, 5.41) is 0. The maximum Gasteiger partial charge on any atom is 0.125 e. The summed E-state index contributed by atoms with van der Waals surface area (Å²) in [6.45, 7) is 0.709. The second kappa shape index (κ2) is 4.01. The molecule has 0 aliphatic rings. The van der Waals surface area contributed by atoms with Gasteiger partial charge in [0.05, 0.1) is 17.4 Å². The number of halogens is 1. The number of imidazole rings is 1. The van der Waals surface area contributed by atoms with Crippen molar-refractivity contribution >= 4 is 11.0 Å². The van der Waals surface area contributed by atoms with E-state index in [1.54, 1.807) is 12.4 Å². The lowest BCUT2D eigenvalue weighted by Gasteiger charge is -2.04. The molecule has 0 atom stereocenters. The van der Waals surface area contributed by atoms with E-state index in [-0.39, 0.29) is 5.82 Å². The van der Waals surface area contributed by atoms with Crippen molar-refractivity contribution < 1.29 is 4.39 Å². The SMILES string of the molecule is Fc1ccc2ncn(Cc3ccccc3)c2c1. The van der Waals surface area contributed by atoms with Crippen molar-refractivity contribution in [2.24, 2.45) is 0 Å². The monoisotopic (exact) mass is 226 g/mol. The smallest absolute Gasteiger partial charge is 0.125 e. The first-order chi connectivity index (χ1) is 8.33. The van der Waals surface area contributed by atoms with Crippen LogP contribution >= 0.6 is 0 Å². The van der Waals surface area contributed by atoms with Crippen LogP contribution in [0.2, 0.25) is 0 Å². The van der Waals surface area contributed by atoms with E-state index in [0.29, 0.717) is 6.54 Å². The molecule has 0 saturated heterocycles. The van der Waals surface area contributed by atoms with E-state index in [9.17, 15) is 4.39 Å². The van der Waals surface area contributed by atoms with E-state index in [4.69, 9.17) is 0 Å². The molecule has 0 amide bonds. The van der Waals surface area contributed by atoms with E-state index in [1.807, 2.05) is 34.9 Å². The first-order valence-corrected chi connectivity index (χ1v) is 5.47. The summed E-state index contributed by atoms with van der Waals surface area (Å²) in [5.41, 5.74) is 2.83. The molecular formula is C14H11FN2. The molecule has 0 aliphatic heterocycles. The Morgan fingerprint density at radius 3 is 2.71 bits per heavy atom. The average Bonchev–Trinajstić information content (AvgIpc) is 2.73. The van der Waals surface area contributed by atoms with Gasteiger partial charge in [0.25, 0.3) is 0 Å². The molecule has 2 nitrogen and oxygen atoms in total. The maximum absolute atomic E-state index is 13.2. The van der Waals surface area contributed by atoms with Gasteiger partial charge < -0.3 is 4.57 Å². The zero-order chi connectivity index (χ0) is 11.7. The normalized spacial score (nSPS) is 10.9. The molecule has 0 bridgehead atoms. The number of hydrogen-bond donors (Lipinski definition) is 0. The topological polar surface area (TPSA) is 17.8 Å². The van der Waals surface area contributed by atoms with Crippen molar-refractivity contribution in [2.75, 3.05) is 0 Å². The summed E-state index contributed by atoms with van der Waals surface area (Å²) in [7, 11) is 0. The number of rotatable bonds is 2. The zero-order valence-electron chi connectivity index (χ0n) is 9.18. The van der Waals surface area contributed by atoms with Gasteiger partial charge in [0.2, 0.25) is 0 Å². The Morgan fingerprint density at radius 1 is 1.06 bits per heavy atom. The van der Waals surface area contributed by atoms with Gasteiger partial charge in [-0.2, -0.15) is 0 Å². The fourth-order valence-corrected chi connectivity index (χ4v) is 1.94. The molecule has 0 spiro atoms. The highest BCUT2D eigenvalue weighted by molar-refractivity contribution is 5.75. The molecule has 84 valence electrons. The molecule has 3 heteroatoms. The first kappa shape index (κ1) is 10.0. The fraction of sp³-hybridized carbons (Fsp3) is 0.0714. The van der Waals surface area contributed by atoms with Gasteiger partial charge in [-0.3, -0.25) is 0 Å². The van der Waals surface area contributed by atoms with Crippen LogP contribution < -0.4 is 0 Å². The highest BCUT2D eigenvalue weighted by Crippen LogP contribution is 2.15. The molecule has 3 aromatic rings. The van der Waals surface area contributed by atoms with E-state index in [2.05, 4.69) is 4.98 Å². The number of aromatic nitrogens is 2. The molecule has 0 radical (unpaired) electrons. The minimum atomic E-state index is -0.229. The summed E-state index contributed by atoms with van der Waals surface area (Å²) in [6, 6.07) is 14.7. The van der Waals surface area contributed by atoms with Crippen LogP contribution in [-0.4, -0.2) is 9.55 Å². The second-order valence-electron chi connectivity index (χ2n) is 3.99. The second-order valence-corrected chi connectivity index (χ2v) is 3.99. The van der Waals surface area contributed by atoms with Crippen LogP contribution in [0.5, 0.6) is 0 Å². The van der Waals surface area contributed by atoms with Crippen LogP contribution in [0.15, 0.2) is 54.9 Å². The van der Waals surface area contributed by atoms with Crippen LogP contribution in [0, 0.1) is 5.82 Å². The highest BCUT2D eigenvalue weighted by Gasteiger charge is 2.04. The Morgan fingerprint density at radius 2 is 1.88 bits per heavy atom. The van der Waals surface area contributed by atoms with E-state index in [0.717, 1.165) is 11.0 Å². The van der Waals surface area contributed by atoms with Crippen LogP contribution in [0.25, 0.3) is 11.0 Å². The predicted octanol–water partition coefficient (Wildman–Crippen LogP) is 3.22. The minimum absolute atomic E-state index is 0.229. The van der Waals surface area contributed by atoms with Gasteiger partial charge in [0, 0.05) is 6.54 Å². The standard InChI is InChI=1S/C14H11FN2/c15-12-6-7-13-14(8-12)17(10-16-13)9-11-4-2-1-3-5-11/h1-8,10H,9H2. The van der Waals surface area contributed by atoms with Gasteiger partial charge in [-0.05, 0) is 23.8 Å². The van der Waals surface area contributed by atoms with Crippen LogP contribution in [0.1, 0.15) is 5.56 Å². The third kappa shape index (κ3) is 1.91. The van der Waals surface area contributed by atoms with Gasteiger partial charge in [-0.1, -0.05) is 30.3 Å². The van der Waals surface area contributed by atoms with Gasteiger partial charge in [0.15, 0.2) is 0 Å². The van der Waals surface area contributed by atoms with Crippen molar-refractivity contribution in [1.29, 1.82) is 0 Å². The zero-order valence-corrected chi connectivity index (χ0v) is 9.18. The van der Waals surface area contributed by atoms with Gasteiger partial charge >= 0.3 is 0 Å². The molecule has 1 aromatic heterocycles. The van der Waals surface area contributed by atoms with E-state index in [1.165, 1.54) is 17.7 Å². The van der Waals surface area contributed by atoms with Crippen LogP contribution in [0.3, 0.4) is 0 Å². The quantitative estimate of drug-likeness (QED) is 0.656. The molecule has 0 fully saturated rings. The maximum atomic E-state index is 13.2. The lowest BCUT2D eigenvalue weighted by molar-refractivity contribution is 0.628. The largest absolute Gasteiger partial charge is 0.326 e. The number of fused-ring (bicyclic) bond motifs is 1. The summed E-state index contributed by atoms with van der Waals surface area (Å²) >= 11 is 0. The molecule has 0 aliphatic carbocycles. The van der Waals surface area contributed by atoms with Crippen molar-refractivity contribution in [3.63, 3.8) is 0 Å². The summed E-state index contributed by atoms with van der Waals surface area (Å²) < 4.78 is 15.1. The Bertz CT molecular complexity index is 644. The van der Waals surface area contributed by atoms with Crippen LogP contribution in [0.4, 0.5) is 4.39 Å². The van der Waals surface area contributed by atoms with Gasteiger partial charge in [-0.15, -0.1) is 0 Å². The molecule has 3 rings (SSSR count). The Labute approximate surface area is 98.3 Å². The molecule has 2 aromatic carbocycles. The van der Waals surface area contributed by atoms with Crippen molar-refractivity contribution in [3.05, 3.63) is 66.2 Å².